The first-order valence-corrected chi connectivity index (χ1v) is 5.85. The molecule has 0 radical (unpaired) electrons. The molecule has 1 unspecified atom stereocenters. The molecule has 0 saturated carbocycles. The van der Waals surface area contributed by atoms with E-state index in [1.54, 1.807) is 6.07 Å². The zero-order valence-electron chi connectivity index (χ0n) is 10.4. The Labute approximate surface area is 105 Å². The molecule has 0 aliphatic rings. The van der Waals surface area contributed by atoms with Crippen molar-refractivity contribution in [2.75, 3.05) is 7.05 Å². The van der Waals surface area contributed by atoms with E-state index in [1.165, 1.54) is 18.2 Å². The molecule has 0 spiro atoms. The lowest BCUT2D eigenvalue weighted by Gasteiger charge is -2.12. The van der Waals surface area contributed by atoms with Crippen LogP contribution >= 0.6 is 0 Å². The molecule has 0 saturated heterocycles. The Hall–Kier alpha value is -1.74. The molecular weight excluding hydrogens is 232 g/mol. The Morgan fingerprint density at radius 3 is 2.22 bits per heavy atom. The minimum Gasteiger partial charge on any atom is -0.313 e. The van der Waals surface area contributed by atoms with Gasteiger partial charge in [-0.25, -0.2) is 8.78 Å². The van der Waals surface area contributed by atoms with Gasteiger partial charge in [0.05, 0.1) is 5.56 Å². The van der Waals surface area contributed by atoms with Gasteiger partial charge in [-0.1, -0.05) is 24.3 Å². The van der Waals surface area contributed by atoms with Crippen LogP contribution in [-0.2, 0) is 0 Å². The van der Waals surface area contributed by atoms with Crippen molar-refractivity contribution in [1.29, 1.82) is 0 Å². The molecule has 0 amide bonds. The molecule has 18 heavy (non-hydrogen) atoms. The highest BCUT2D eigenvalue weighted by Gasteiger charge is 2.12. The van der Waals surface area contributed by atoms with E-state index >= 15 is 0 Å². The topological polar surface area (TPSA) is 12.0 Å². The van der Waals surface area contributed by atoms with Gasteiger partial charge in [0, 0.05) is 6.04 Å². The summed E-state index contributed by atoms with van der Waals surface area (Å²) >= 11 is 0. The van der Waals surface area contributed by atoms with Crippen molar-refractivity contribution in [3.05, 3.63) is 59.7 Å². The van der Waals surface area contributed by atoms with Crippen molar-refractivity contribution in [3.8, 4) is 11.1 Å². The first-order valence-electron chi connectivity index (χ1n) is 5.85. The Bertz CT molecular complexity index is 532. The van der Waals surface area contributed by atoms with E-state index in [4.69, 9.17) is 0 Å². The Morgan fingerprint density at radius 1 is 1.00 bits per heavy atom. The Kier molecular flexibility index (Phi) is 3.72. The molecule has 3 heteroatoms. The minimum absolute atomic E-state index is 0.0302. The van der Waals surface area contributed by atoms with Crippen molar-refractivity contribution in [2.24, 2.45) is 0 Å². The van der Waals surface area contributed by atoms with Crippen molar-refractivity contribution >= 4 is 0 Å². The maximum Gasteiger partial charge on any atom is 0.133 e. The summed E-state index contributed by atoms with van der Waals surface area (Å²) in [5, 5.41) is 3.10. The van der Waals surface area contributed by atoms with Gasteiger partial charge in [0.25, 0.3) is 0 Å². The average molecular weight is 247 g/mol. The fourth-order valence-corrected chi connectivity index (χ4v) is 1.90. The predicted molar refractivity (Wildman–Crippen MR) is 69.3 cm³/mol. The average Bonchev–Trinajstić information content (AvgIpc) is 2.38. The highest BCUT2D eigenvalue weighted by Crippen LogP contribution is 2.27. The van der Waals surface area contributed by atoms with E-state index in [9.17, 15) is 8.78 Å². The third-order valence-electron chi connectivity index (χ3n) is 3.07. The largest absolute Gasteiger partial charge is 0.313 e. The molecule has 1 N–H and O–H groups in total. The monoisotopic (exact) mass is 247 g/mol. The third-order valence-corrected chi connectivity index (χ3v) is 3.07. The summed E-state index contributed by atoms with van der Waals surface area (Å²) in [4.78, 5) is 0. The SMILES string of the molecule is CNC(C)c1cccc(-c2c(F)cccc2F)c1. The fraction of sp³-hybridized carbons (Fsp3) is 0.200. The standard InChI is InChI=1S/C15H15F2N/c1-10(18-2)11-5-3-6-12(9-11)15-13(16)7-4-8-14(15)17/h3-10,18H,1-2H3. The molecule has 2 aromatic rings. The Morgan fingerprint density at radius 2 is 1.61 bits per heavy atom. The second-order valence-electron chi connectivity index (χ2n) is 4.23. The van der Waals surface area contributed by atoms with Gasteiger partial charge >= 0.3 is 0 Å². The van der Waals surface area contributed by atoms with Crippen LogP contribution in [0.1, 0.15) is 18.5 Å². The smallest absolute Gasteiger partial charge is 0.133 e. The predicted octanol–water partition coefficient (Wildman–Crippen LogP) is 3.91. The number of rotatable bonds is 3. The van der Waals surface area contributed by atoms with E-state index in [-0.39, 0.29) is 11.6 Å². The number of hydrogen-bond acceptors (Lipinski definition) is 1. The van der Waals surface area contributed by atoms with Crippen molar-refractivity contribution in [2.45, 2.75) is 13.0 Å². The first-order chi connectivity index (χ1) is 8.63. The zero-order chi connectivity index (χ0) is 13.1. The molecule has 2 aromatic carbocycles. The van der Waals surface area contributed by atoms with E-state index in [0.29, 0.717) is 5.56 Å². The van der Waals surface area contributed by atoms with E-state index < -0.39 is 11.6 Å². The van der Waals surface area contributed by atoms with Crippen molar-refractivity contribution in [3.63, 3.8) is 0 Å². The molecule has 94 valence electrons. The fourth-order valence-electron chi connectivity index (χ4n) is 1.90. The van der Waals surface area contributed by atoms with Crippen LogP contribution in [0.4, 0.5) is 8.78 Å². The van der Waals surface area contributed by atoms with Crippen LogP contribution in [0, 0.1) is 11.6 Å². The van der Waals surface area contributed by atoms with Crippen molar-refractivity contribution in [1.82, 2.24) is 5.32 Å². The maximum absolute atomic E-state index is 13.7. The summed E-state index contributed by atoms with van der Waals surface area (Å²) in [5.74, 6) is -1.08. The van der Waals surface area contributed by atoms with Crippen LogP contribution in [0.2, 0.25) is 0 Å². The number of halogens is 2. The van der Waals surface area contributed by atoms with Gasteiger partial charge in [-0.15, -0.1) is 0 Å². The van der Waals surface area contributed by atoms with E-state index in [1.807, 2.05) is 32.2 Å². The second-order valence-corrected chi connectivity index (χ2v) is 4.23. The summed E-state index contributed by atoms with van der Waals surface area (Å²) in [6.07, 6.45) is 0. The molecule has 0 aliphatic heterocycles. The van der Waals surface area contributed by atoms with Gasteiger partial charge in [-0.05, 0) is 43.3 Å². The molecule has 0 fully saturated rings. The lowest BCUT2D eigenvalue weighted by molar-refractivity contribution is 0.589. The van der Waals surface area contributed by atoms with E-state index in [2.05, 4.69) is 5.32 Å². The quantitative estimate of drug-likeness (QED) is 0.867. The lowest BCUT2D eigenvalue weighted by atomic mass is 9.99. The van der Waals surface area contributed by atoms with E-state index in [0.717, 1.165) is 5.56 Å². The van der Waals surface area contributed by atoms with Gasteiger partial charge in [0.2, 0.25) is 0 Å². The molecular formula is C15H15F2N. The molecule has 0 heterocycles. The number of nitrogens with one attached hydrogen (secondary N) is 1. The van der Waals surface area contributed by atoms with Crippen LogP contribution in [0.15, 0.2) is 42.5 Å². The highest BCUT2D eigenvalue weighted by atomic mass is 19.1. The summed E-state index contributed by atoms with van der Waals surface area (Å²) < 4.78 is 27.4. The molecule has 1 atom stereocenters. The van der Waals surface area contributed by atoms with Gasteiger partial charge in [0.1, 0.15) is 11.6 Å². The third kappa shape index (κ3) is 2.41. The maximum atomic E-state index is 13.7. The lowest BCUT2D eigenvalue weighted by Crippen LogP contribution is -2.12. The number of hydrogen-bond donors (Lipinski definition) is 1. The van der Waals surface area contributed by atoms with Crippen LogP contribution in [-0.4, -0.2) is 7.05 Å². The molecule has 1 nitrogen and oxygen atoms in total. The van der Waals surface area contributed by atoms with Gasteiger partial charge in [-0.2, -0.15) is 0 Å². The Balaban J connectivity index is 2.51. The minimum atomic E-state index is -0.538. The first kappa shape index (κ1) is 12.7. The van der Waals surface area contributed by atoms with Crippen LogP contribution in [0.5, 0.6) is 0 Å². The van der Waals surface area contributed by atoms with Crippen LogP contribution in [0.25, 0.3) is 11.1 Å². The molecule has 2 rings (SSSR count). The summed E-state index contributed by atoms with van der Waals surface area (Å²) in [6.45, 7) is 2.00. The second kappa shape index (κ2) is 5.27. The van der Waals surface area contributed by atoms with Crippen LogP contribution < -0.4 is 5.32 Å². The molecule has 0 bridgehead atoms. The normalized spacial score (nSPS) is 12.4. The highest BCUT2D eigenvalue weighted by molar-refractivity contribution is 5.65. The summed E-state index contributed by atoms with van der Waals surface area (Å²) in [5.41, 5.74) is 1.59. The van der Waals surface area contributed by atoms with Crippen LogP contribution in [0.3, 0.4) is 0 Å². The zero-order valence-corrected chi connectivity index (χ0v) is 10.4. The number of benzene rings is 2. The van der Waals surface area contributed by atoms with Gasteiger partial charge in [-0.3, -0.25) is 0 Å². The van der Waals surface area contributed by atoms with Gasteiger partial charge < -0.3 is 5.32 Å². The van der Waals surface area contributed by atoms with Crippen molar-refractivity contribution < 1.29 is 8.78 Å². The summed E-state index contributed by atoms with van der Waals surface area (Å²) in [6, 6.07) is 11.3. The molecule has 0 aliphatic carbocycles. The molecule has 0 aromatic heterocycles. The summed E-state index contributed by atoms with van der Waals surface area (Å²) in [7, 11) is 1.85. The van der Waals surface area contributed by atoms with Gasteiger partial charge in [0.15, 0.2) is 0 Å².